The molecule has 5 heteroatoms. The van der Waals surface area contributed by atoms with Crippen LogP contribution in [0.1, 0.15) is 47.4 Å². The summed E-state index contributed by atoms with van der Waals surface area (Å²) in [6.45, 7) is 5.96. The number of hydrogen-bond acceptors (Lipinski definition) is 4. The van der Waals surface area contributed by atoms with Gasteiger partial charge in [-0.25, -0.2) is 0 Å². The first-order valence-electron chi connectivity index (χ1n) is 9.72. The summed E-state index contributed by atoms with van der Waals surface area (Å²) in [5.74, 6) is 1.12. The number of rotatable bonds is 4. The van der Waals surface area contributed by atoms with Crippen molar-refractivity contribution in [3.63, 3.8) is 0 Å². The summed E-state index contributed by atoms with van der Waals surface area (Å²) >= 11 is 0. The SMILES string of the molecule is Cc1ccc2c(C)c(C(=O)N[C@@H](C3CCNCC3)C3CC(O)C3)oc2c1. The highest BCUT2D eigenvalue weighted by molar-refractivity contribution is 5.99. The van der Waals surface area contributed by atoms with E-state index in [1.807, 2.05) is 32.0 Å². The van der Waals surface area contributed by atoms with Gasteiger partial charge in [0, 0.05) is 17.0 Å². The first-order chi connectivity index (χ1) is 12.5. The first kappa shape index (κ1) is 17.6. The lowest BCUT2D eigenvalue weighted by molar-refractivity contribution is 0.00890. The zero-order valence-corrected chi connectivity index (χ0v) is 15.5. The molecule has 4 rings (SSSR count). The van der Waals surface area contributed by atoms with Gasteiger partial charge in [-0.2, -0.15) is 0 Å². The number of aryl methyl sites for hydroxylation is 2. The van der Waals surface area contributed by atoms with E-state index in [9.17, 15) is 9.90 Å². The fourth-order valence-electron chi connectivity index (χ4n) is 4.51. The Morgan fingerprint density at radius 1 is 1.23 bits per heavy atom. The van der Waals surface area contributed by atoms with Gasteiger partial charge in [-0.15, -0.1) is 0 Å². The Kier molecular flexibility index (Phi) is 4.76. The lowest BCUT2D eigenvalue weighted by Crippen LogP contribution is -2.52. The molecule has 0 radical (unpaired) electrons. The maximum atomic E-state index is 13.0. The molecule has 3 N–H and O–H groups in total. The summed E-state index contributed by atoms with van der Waals surface area (Å²) in [7, 11) is 0. The fourth-order valence-corrected chi connectivity index (χ4v) is 4.51. The lowest BCUT2D eigenvalue weighted by Gasteiger charge is -2.43. The Bertz CT molecular complexity index is 801. The van der Waals surface area contributed by atoms with Crippen molar-refractivity contribution in [2.75, 3.05) is 13.1 Å². The van der Waals surface area contributed by atoms with Crippen LogP contribution < -0.4 is 10.6 Å². The highest BCUT2D eigenvalue weighted by atomic mass is 16.3. The van der Waals surface area contributed by atoms with E-state index in [4.69, 9.17) is 4.42 Å². The molecule has 1 aliphatic carbocycles. The van der Waals surface area contributed by atoms with Crippen molar-refractivity contribution >= 4 is 16.9 Å². The molecule has 140 valence electrons. The van der Waals surface area contributed by atoms with E-state index in [1.165, 1.54) is 0 Å². The van der Waals surface area contributed by atoms with Crippen molar-refractivity contribution in [2.45, 2.75) is 51.7 Å². The van der Waals surface area contributed by atoms with Gasteiger partial charge in [0.2, 0.25) is 0 Å². The molecule has 0 spiro atoms. The van der Waals surface area contributed by atoms with E-state index in [-0.39, 0.29) is 18.1 Å². The van der Waals surface area contributed by atoms with Crippen LogP contribution in [0.4, 0.5) is 0 Å². The van der Waals surface area contributed by atoms with Crippen LogP contribution in [-0.4, -0.2) is 36.2 Å². The Morgan fingerprint density at radius 3 is 2.65 bits per heavy atom. The quantitative estimate of drug-likeness (QED) is 0.787. The average molecular weight is 356 g/mol. The van der Waals surface area contributed by atoms with Crippen molar-refractivity contribution in [2.24, 2.45) is 11.8 Å². The number of carbonyl (C=O) groups is 1. The van der Waals surface area contributed by atoms with Crippen LogP contribution in [0, 0.1) is 25.7 Å². The monoisotopic (exact) mass is 356 g/mol. The molecule has 1 saturated carbocycles. The largest absolute Gasteiger partial charge is 0.451 e. The number of fused-ring (bicyclic) bond motifs is 1. The minimum Gasteiger partial charge on any atom is -0.451 e. The number of furan rings is 1. The molecule has 1 saturated heterocycles. The van der Waals surface area contributed by atoms with Gasteiger partial charge in [-0.3, -0.25) is 4.79 Å². The molecule has 1 amide bonds. The van der Waals surface area contributed by atoms with Crippen LogP contribution in [0.2, 0.25) is 0 Å². The molecule has 26 heavy (non-hydrogen) atoms. The Morgan fingerprint density at radius 2 is 1.96 bits per heavy atom. The summed E-state index contributed by atoms with van der Waals surface area (Å²) < 4.78 is 5.91. The van der Waals surface area contributed by atoms with Gasteiger partial charge in [0.25, 0.3) is 5.91 Å². The van der Waals surface area contributed by atoms with Gasteiger partial charge in [0.15, 0.2) is 5.76 Å². The van der Waals surface area contributed by atoms with E-state index >= 15 is 0 Å². The average Bonchev–Trinajstić information content (AvgIpc) is 2.94. The van der Waals surface area contributed by atoms with Gasteiger partial charge in [0.1, 0.15) is 5.58 Å². The molecule has 2 fully saturated rings. The van der Waals surface area contributed by atoms with E-state index in [0.29, 0.717) is 17.6 Å². The second-order valence-corrected chi connectivity index (χ2v) is 8.03. The molecule has 1 aromatic carbocycles. The molecule has 1 atom stereocenters. The zero-order valence-electron chi connectivity index (χ0n) is 15.5. The number of carbonyl (C=O) groups excluding carboxylic acids is 1. The second-order valence-electron chi connectivity index (χ2n) is 8.03. The van der Waals surface area contributed by atoms with Crippen molar-refractivity contribution < 1.29 is 14.3 Å². The van der Waals surface area contributed by atoms with E-state index in [1.54, 1.807) is 0 Å². The summed E-state index contributed by atoms with van der Waals surface area (Å²) in [5, 5.41) is 17.4. The molecule has 1 aliphatic heterocycles. The molecular weight excluding hydrogens is 328 g/mol. The third-order valence-electron chi connectivity index (χ3n) is 6.15. The number of hydrogen-bond donors (Lipinski definition) is 3. The van der Waals surface area contributed by atoms with Crippen molar-refractivity contribution in [3.8, 4) is 0 Å². The summed E-state index contributed by atoms with van der Waals surface area (Å²) in [4.78, 5) is 13.0. The fraction of sp³-hybridized carbons (Fsp3) is 0.571. The van der Waals surface area contributed by atoms with Crippen LogP contribution in [-0.2, 0) is 0 Å². The predicted molar refractivity (Wildman–Crippen MR) is 101 cm³/mol. The molecule has 0 bridgehead atoms. The third kappa shape index (κ3) is 3.26. The van der Waals surface area contributed by atoms with E-state index < -0.39 is 0 Å². The molecular formula is C21H28N2O3. The van der Waals surface area contributed by atoms with Gasteiger partial charge >= 0.3 is 0 Å². The maximum Gasteiger partial charge on any atom is 0.287 e. The van der Waals surface area contributed by atoms with Crippen LogP contribution in [0.5, 0.6) is 0 Å². The predicted octanol–water partition coefficient (Wildman–Crippen LogP) is 2.92. The number of piperidine rings is 1. The van der Waals surface area contributed by atoms with Gasteiger partial charge in [-0.05, 0) is 76.1 Å². The second kappa shape index (κ2) is 7.05. The highest BCUT2D eigenvalue weighted by Gasteiger charge is 2.39. The third-order valence-corrected chi connectivity index (χ3v) is 6.15. The van der Waals surface area contributed by atoms with Crippen LogP contribution in [0.3, 0.4) is 0 Å². The van der Waals surface area contributed by atoms with Crippen LogP contribution in [0.15, 0.2) is 22.6 Å². The smallest absolute Gasteiger partial charge is 0.287 e. The Labute approximate surface area is 154 Å². The lowest BCUT2D eigenvalue weighted by atomic mass is 9.71. The summed E-state index contributed by atoms with van der Waals surface area (Å²) in [6, 6.07) is 6.15. The zero-order chi connectivity index (χ0) is 18.3. The van der Waals surface area contributed by atoms with E-state index in [0.717, 1.165) is 60.9 Å². The summed E-state index contributed by atoms with van der Waals surface area (Å²) in [6.07, 6.45) is 3.49. The van der Waals surface area contributed by atoms with Gasteiger partial charge in [0.05, 0.1) is 6.10 Å². The number of benzene rings is 1. The number of amides is 1. The molecule has 2 aromatic rings. The van der Waals surface area contributed by atoms with Crippen molar-refractivity contribution in [1.29, 1.82) is 0 Å². The summed E-state index contributed by atoms with van der Waals surface area (Å²) in [5.41, 5.74) is 2.79. The molecule has 0 unspecified atom stereocenters. The number of aliphatic hydroxyl groups is 1. The standard InChI is InChI=1S/C21H28N2O3/c1-12-3-4-17-13(2)20(26-18(17)9-12)21(25)23-19(15-10-16(24)11-15)14-5-7-22-8-6-14/h3-4,9,14-16,19,22,24H,5-8,10-11H2,1-2H3,(H,23,25)/t15?,16?,19-/m0/s1. The Hall–Kier alpha value is -1.85. The normalized spacial score (nSPS) is 25.0. The van der Waals surface area contributed by atoms with E-state index in [2.05, 4.69) is 10.6 Å². The number of nitrogens with one attached hydrogen (secondary N) is 2. The highest BCUT2D eigenvalue weighted by Crippen LogP contribution is 2.36. The van der Waals surface area contributed by atoms with Gasteiger partial charge in [-0.1, -0.05) is 12.1 Å². The molecule has 2 heterocycles. The van der Waals surface area contributed by atoms with Crippen molar-refractivity contribution in [3.05, 3.63) is 35.1 Å². The van der Waals surface area contributed by atoms with Crippen LogP contribution >= 0.6 is 0 Å². The van der Waals surface area contributed by atoms with Gasteiger partial charge < -0.3 is 20.2 Å². The molecule has 5 nitrogen and oxygen atoms in total. The minimum atomic E-state index is -0.211. The first-order valence-corrected chi connectivity index (χ1v) is 9.72. The maximum absolute atomic E-state index is 13.0. The molecule has 2 aliphatic rings. The topological polar surface area (TPSA) is 74.5 Å². The minimum absolute atomic E-state index is 0.113. The molecule has 1 aromatic heterocycles. The van der Waals surface area contributed by atoms with Crippen molar-refractivity contribution in [1.82, 2.24) is 10.6 Å². The Balaban J connectivity index is 1.57. The van der Waals surface area contributed by atoms with Crippen LogP contribution in [0.25, 0.3) is 11.0 Å². The number of aliphatic hydroxyl groups excluding tert-OH is 1.